The molecule has 2 N–H and O–H groups in total. The zero-order valence-electron chi connectivity index (χ0n) is 14.1. The molecule has 0 aliphatic heterocycles. The standard InChI is InChI=1S/C18H15BrN4OS2/c1-9-10(2)26-17-15(9)16(24)22-14(23-17)8-25-18-20-7-13(21-18)11-3-5-12(19)6-4-11/h3-7H,8H2,1-2H3,(H,20,21)(H,22,23,24). The summed E-state index contributed by atoms with van der Waals surface area (Å²) >= 11 is 6.52. The number of benzene rings is 1. The molecular formula is C18H15BrN4OS2. The van der Waals surface area contributed by atoms with Gasteiger partial charge in [-0.2, -0.15) is 0 Å². The number of thiophene rings is 1. The highest BCUT2D eigenvalue weighted by Crippen LogP contribution is 2.27. The lowest BCUT2D eigenvalue weighted by atomic mass is 10.2. The Morgan fingerprint density at radius 3 is 2.73 bits per heavy atom. The van der Waals surface area contributed by atoms with Crippen LogP contribution in [0.1, 0.15) is 16.3 Å². The van der Waals surface area contributed by atoms with Crippen LogP contribution in [0.25, 0.3) is 21.5 Å². The minimum absolute atomic E-state index is 0.0672. The van der Waals surface area contributed by atoms with E-state index in [0.29, 0.717) is 17.0 Å². The number of nitrogens with zero attached hydrogens (tertiary/aromatic N) is 2. The molecule has 0 amide bonds. The minimum Gasteiger partial charge on any atom is -0.333 e. The van der Waals surface area contributed by atoms with Gasteiger partial charge in [-0.1, -0.05) is 39.8 Å². The molecule has 5 nitrogen and oxygen atoms in total. The zero-order valence-corrected chi connectivity index (χ0v) is 17.3. The number of rotatable bonds is 4. The van der Waals surface area contributed by atoms with Crippen LogP contribution in [0.5, 0.6) is 0 Å². The van der Waals surface area contributed by atoms with E-state index in [4.69, 9.17) is 0 Å². The summed E-state index contributed by atoms with van der Waals surface area (Å²) in [6.45, 7) is 3.98. The van der Waals surface area contributed by atoms with Gasteiger partial charge in [0.15, 0.2) is 5.16 Å². The molecule has 0 aliphatic carbocycles. The normalized spacial score (nSPS) is 11.3. The van der Waals surface area contributed by atoms with Gasteiger partial charge in [-0.25, -0.2) is 9.97 Å². The number of aryl methyl sites for hydroxylation is 2. The zero-order chi connectivity index (χ0) is 18.3. The fourth-order valence-electron chi connectivity index (χ4n) is 2.66. The van der Waals surface area contributed by atoms with Crippen LogP contribution >= 0.6 is 39.0 Å². The van der Waals surface area contributed by atoms with Crippen molar-refractivity contribution in [1.82, 2.24) is 19.9 Å². The van der Waals surface area contributed by atoms with Gasteiger partial charge in [-0.3, -0.25) is 4.79 Å². The number of hydrogen-bond acceptors (Lipinski definition) is 5. The number of hydrogen-bond donors (Lipinski definition) is 2. The summed E-state index contributed by atoms with van der Waals surface area (Å²) in [7, 11) is 0. The number of nitrogens with one attached hydrogen (secondary N) is 2. The maximum absolute atomic E-state index is 12.3. The Morgan fingerprint density at radius 1 is 1.19 bits per heavy atom. The van der Waals surface area contributed by atoms with Gasteiger partial charge in [-0.15, -0.1) is 11.3 Å². The van der Waals surface area contributed by atoms with Gasteiger partial charge in [0.25, 0.3) is 5.56 Å². The van der Waals surface area contributed by atoms with Crippen molar-refractivity contribution in [1.29, 1.82) is 0 Å². The molecule has 1 aromatic carbocycles. The van der Waals surface area contributed by atoms with Gasteiger partial charge >= 0.3 is 0 Å². The van der Waals surface area contributed by atoms with E-state index in [0.717, 1.165) is 36.2 Å². The fraction of sp³-hybridized carbons (Fsp3) is 0.167. The lowest BCUT2D eigenvalue weighted by molar-refractivity contribution is 1.02. The third-order valence-electron chi connectivity index (χ3n) is 4.14. The van der Waals surface area contributed by atoms with Crippen molar-refractivity contribution in [2.24, 2.45) is 0 Å². The van der Waals surface area contributed by atoms with E-state index in [2.05, 4.69) is 35.9 Å². The quantitative estimate of drug-likeness (QED) is 0.430. The van der Waals surface area contributed by atoms with Crippen molar-refractivity contribution < 1.29 is 0 Å². The number of thioether (sulfide) groups is 1. The second-order valence-electron chi connectivity index (χ2n) is 5.87. The monoisotopic (exact) mass is 446 g/mol. The van der Waals surface area contributed by atoms with Crippen LogP contribution < -0.4 is 5.56 Å². The average Bonchev–Trinajstić information content (AvgIpc) is 3.19. The first kappa shape index (κ1) is 17.5. The second kappa shape index (κ2) is 7.02. The Kier molecular flexibility index (Phi) is 4.73. The fourth-order valence-corrected chi connectivity index (χ4v) is 4.69. The number of halogens is 1. The highest BCUT2D eigenvalue weighted by atomic mass is 79.9. The van der Waals surface area contributed by atoms with Crippen molar-refractivity contribution in [2.45, 2.75) is 24.8 Å². The number of fused-ring (bicyclic) bond motifs is 1. The molecule has 0 fully saturated rings. The molecule has 0 spiro atoms. The molecule has 0 atom stereocenters. The third-order valence-corrected chi connectivity index (χ3v) is 6.67. The van der Waals surface area contributed by atoms with Crippen LogP contribution in [-0.2, 0) is 5.75 Å². The molecule has 4 aromatic rings. The van der Waals surface area contributed by atoms with Crippen LogP contribution in [0, 0.1) is 13.8 Å². The van der Waals surface area contributed by atoms with Gasteiger partial charge in [-0.05, 0) is 37.1 Å². The molecule has 0 saturated carbocycles. The van der Waals surface area contributed by atoms with Crippen molar-refractivity contribution in [3.8, 4) is 11.3 Å². The molecule has 8 heteroatoms. The van der Waals surface area contributed by atoms with Gasteiger partial charge in [0.1, 0.15) is 10.7 Å². The summed E-state index contributed by atoms with van der Waals surface area (Å²) in [4.78, 5) is 29.5. The van der Waals surface area contributed by atoms with Crippen LogP contribution in [0.15, 0.2) is 44.9 Å². The highest BCUT2D eigenvalue weighted by molar-refractivity contribution is 9.10. The van der Waals surface area contributed by atoms with E-state index in [1.165, 1.54) is 11.8 Å². The van der Waals surface area contributed by atoms with E-state index in [-0.39, 0.29) is 5.56 Å². The van der Waals surface area contributed by atoms with Gasteiger partial charge < -0.3 is 9.97 Å². The van der Waals surface area contributed by atoms with Crippen molar-refractivity contribution >= 4 is 49.2 Å². The summed E-state index contributed by atoms with van der Waals surface area (Å²) in [5.74, 6) is 1.21. The van der Waals surface area contributed by atoms with Crippen molar-refractivity contribution in [3.63, 3.8) is 0 Å². The molecule has 0 aliphatic rings. The molecule has 4 rings (SSSR count). The number of aromatic nitrogens is 4. The van der Waals surface area contributed by atoms with Gasteiger partial charge in [0.2, 0.25) is 0 Å². The number of imidazole rings is 1. The molecule has 0 unspecified atom stereocenters. The van der Waals surface area contributed by atoms with Crippen molar-refractivity contribution in [2.75, 3.05) is 0 Å². The van der Waals surface area contributed by atoms with E-state index in [1.54, 1.807) is 11.3 Å². The summed E-state index contributed by atoms with van der Waals surface area (Å²) in [6.07, 6.45) is 1.82. The van der Waals surface area contributed by atoms with Crippen LogP contribution in [-0.4, -0.2) is 19.9 Å². The minimum atomic E-state index is -0.0672. The maximum Gasteiger partial charge on any atom is 0.259 e. The summed E-state index contributed by atoms with van der Waals surface area (Å²) in [5.41, 5.74) is 2.98. The molecule has 0 saturated heterocycles. The van der Waals surface area contributed by atoms with Crippen LogP contribution in [0.3, 0.4) is 0 Å². The van der Waals surface area contributed by atoms with E-state index >= 15 is 0 Å². The topological polar surface area (TPSA) is 74.4 Å². The summed E-state index contributed by atoms with van der Waals surface area (Å²) in [5, 5.41) is 1.50. The predicted octanol–water partition coefficient (Wildman–Crippen LogP) is 5.05. The Labute approximate surface area is 166 Å². The summed E-state index contributed by atoms with van der Waals surface area (Å²) in [6, 6.07) is 8.05. The Bertz CT molecular complexity index is 1140. The van der Waals surface area contributed by atoms with Crippen LogP contribution in [0.4, 0.5) is 0 Å². The number of aromatic amines is 2. The third kappa shape index (κ3) is 3.36. The van der Waals surface area contributed by atoms with Gasteiger partial charge in [0, 0.05) is 9.35 Å². The first-order valence-electron chi connectivity index (χ1n) is 7.94. The van der Waals surface area contributed by atoms with Crippen molar-refractivity contribution in [3.05, 3.63) is 61.6 Å². The lowest BCUT2D eigenvalue weighted by Gasteiger charge is -2.00. The largest absolute Gasteiger partial charge is 0.333 e. The molecule has 26 heavy (non-hydrogen) atoms. The average molecular weight is 447 g/mol. The molecule has 3 aromatic heterocycles. The second-order valence-corrected chi connectivity index (χ2v) is 8.96. The molecular weight excluding hydrogens is 432 g/mol. The SMILES string of the molecule is Cc1sc2nc(CSc3ncc(-c4ccc(Br)cc4)[nH]3)[nH]c(=O)c2c1C. The molecule has 0 bridgehead atoms. The van der Waals surface area contributed by atoms with E-state index in [1.807, 2.05) is 44.3 Å². The molecule has 3 heterocycles. The lowest BCUT2D eigenvalue weighted by Crippen LogP contribution is -2.10. The Balaban J connectivity index is 1.53. The Morgan fingerprint density at radius 2 is 1.96 bits per heavy atom. The van der Waals surface area contributed by atoms with E-state index < -0.39 is 0 Å². The first-order valence-corrected chi connectivity index (χ1v) is 10.5. The summed E-state index contributed by atoms with van der Waals surface area (Å²) < 4.78 is 1.04. The number of H-pyrrole nitrogens is 2. The first-order chi connectivity index (χ1) is 12.5. The maximum atomic E-state index is 12.3. The predicted molar refractivity (Wildman–Crippen MR) is 111 cm³/mol. The van der Waals surface area contributed by atoms with Crippen LogP contribution in [0.2, 0.25) is 0 Å². The van der Waals surface area contributed by atoms with E-state index in [9.17, 15) is 4.79 Å². The molecule has 132 valence electrons. The smallest absolute Gasteiger partial charge is 0.259 e. The van der Waals surface area contributed by atoms with Gasteiger partial charge in [0.05, 0.1) is 23.0 Å². The highest BCUT2D eigenvalue weighted by Gasteiger charge is 2.12. The molecule has 0 radical (unpaired) electrons. The Hall–Kier alpha value is -1.90.